The van der Waals surface area contributed by atoms with Gasteiger partial charge >= 0.3 is 5.97 Å². The fourth-order valence-electron chi connectivity index (χ4n) is 3.10. The van der Waals surface area contributed by atoms with Gasteiger partial charge in [0, 0.05) is 6.04 Å². The highest BCUT2D eigenvalue weighted by molar-refractivity contribution is 5.90. The number of nitrogens with one attached hydrogen (secondary N) is 1. The zero-order valence-electron chi connectivity index (χ0n) is 12.8. The van der Waals surface area contributed by atoms with Crippen LogP contribution in [0.4, 0.5) is 10.1 Å². The van der Waals surface area contributed by atoms with E-state index >= 15 is 0 Å². The Balaban J connectivity index is 1.98. The minimum absolute atomic E-state index is 0.292. The molecule has 21 heavy (non-hydrogen) atoms. The van der Waals surface area contributed by atoms with Crippen LogP contribution in [0, 0.1) is 11.7 Å². The first-order chi connectivity index (χ1) is 10.1. The smallest absolute Gasteiger partial charge is 0.337 e. The van der Waals surface area contributed by atoms with Crippen LogP contribution >= 0.6 is 0 Å². The standard InChI is InChI=1S/C17H24FNO2/c1-3-4-12-5-8-14(9-6-12)19-16-11-13(17(20)21-2)7-10-15(16)18/h7,10-12,14,19H,3-6,8-9H2,1-2H3. The highest BCUT2D eigenvalue weighted by Gasteiger charge is 2.21. The third-order valence-electron chi connectivity index (χ3n) is 4.29. The first kappa shape index (κ1) is 15.8. The van der Waals surface area contributed by atoms with Gasteiger partial charge in [-0.3, -0.25) is 0 Å². The lowest BCUT2D eigenvalue weighted by Gasteiger charge is -2.29. The first-order valence-electron chi connectivity index (χ1n) is 7.78. The molecule has 1 aliphatic carbocycles. The fourth-order valence-corrected chi connectivity index (χ4v) is 3.10. The minimum Gasteiger partial charge on any atom is -0.465 e. The summed E-state index contributed by atoms with van der Waals surface area (Å²) >= 11 is 0. The zero-order valence-corrected chi connectivity index (χ0v) is 12.8. The molecule has 0 unspecified atom stereocenters. The van der Waals surface area contributed by atoms with Crippen LogP contribution in [0.3, 0.4) is 0 Å². The molecule has 0 aliphatic heterocycles. The van der Waals surface area contributed by atoms with Crippen molar-refractivity contribution in [2.45, 2.75) is 51.5 Å². The van der Waals surface area contributed by atoms with Crippen molar-refractivity contribution in [2.24, 2.45) is 5.92 Å². The maximum absolute atomic E-state index is 13.9. The van der Waals surface area contributed by atoms with Gasteiger partial charge in [0.15, 0.2) is 0 Å². The molecule has 0 spiro atoms. The minimum atomic E-state index is -0.440. The van der Waals surface area contributed by atoms with Crippen molar-refractivity contribution in [3.63, 3.8) is 0 Å². The maximum atomic E-state index is 13.9. The Morgan fingerprint density at radius 1 is 1.33 bits per heavy atom. The molecule has 0 aromatic heterocycles. The van der Waals surface area contributed by atoms with E-state index in [2.05, 4.69) is 17.0 Å². The summed E-state index contributed by atoms with van der Waals surface area (Å²) in [6.45, 7) is 2.22. The van der Waals surface area contributed by atoms with Crippen LogP contribution < -0.4 is 5.32 Å². The van der Waals surface area contributed by atoms with Crippen molar-refractivity contribution in [1.29, 1.82) is 0 Å². The molecule has 3 nitrogen and oxygen atoms in total. The number of halogens is 1. The molecule has 1 N–H and O–H groups in total. The predicted octanol–water partition coefficient (Wildman–Crippen LogP) is 4.38. The average molecular weight is 293 g/mol. The number of ether oxygens (including phenoxy) is 1. The van der Waals surface area contributed by atoms with E-state index in [0.717, 1.165) is 18.8 Å². The van der Waals surface area contributed by atoms with Crippen molar-refractivity contribution in [3.8, 4) is 0 Å². The Kier molecular flexibility index (Phi) is 5.59. The summed E-state index contributed by atoms with van der Waals surface area (Å²) < 4.78 is 18.5. The highest BCUT2D eigenvalue weighted by Crippen LogP contribution is 2.30. The lowest BCUT2D eigenvalue weighted by Crippen LogP contribution is -2.26. The third-order valence-corrected chi connectivity index (χ3v) is 4.29. The Labute approximate surface area is 125 Å². The quantitative estimate of drug-likeness (QED) is 0.819. The highest BCUT2D eigenvalue weighted by atomic mass is 19.1. The number of rotatable bonds is 5. The zero-order chi connectivity index (χ0) is 15.2. The van der Waals surface area contributed by atoms with E-state index in [9.17, 15) is 9.18 Å². The van der Waals surface area contributed by atoms with Gasteiger partial charge in [0.05, 0.1) is 18.4 Å². The molecule has 0 amide bonds. The van der Waals surface area contributed by atoms with E-state index in [-0.39, 0.29) is 5.82 Å². The molecule has 0 radical (unpaired) electrons. The molecule has 1 aromatic rings. The Hall–Kier alpha value is -1.58. The van der Waals surface area contributed by atoms with Gasteiger partial charge < -0.3 is 10.1 Å². The lowest BCUT2D eigenvalue weighted by molar-refractivity contribution is 0.0600. The van der Waals surface area contributed by atoms with Gasteiger partial charge in [0.1, 0.15) is 5.82 Å². The van der Waals surface area contributed by atoms with E-state index in [0.29, 0.717) is 17.3 Å². The summed E-state index contributed by atoms with van der Waals surface area (Å²) in [5.41, 5.74) is 0.776. The number of carbonyl (C=O) groups excluding carboxylic acids is 1. The van der Waals surface area contributed by atoms with Crippen molar-refractivity contribution in [1.82, 2.24) is 0 Å². The number of methoxy groups -OCH3 is 1. The van der Waals surface area contributed by atoms with Gasteiger partial charge in [-0.05, 0) is 49.8 Å². The SMILES string of the molecule is CCCC1CCC(Nc2cc(C(=O)OC)ccc2F)CC1. The Bertz CT molecular complexity index is 482. The second-order valence-corrected chi connectivity index (χ2v) is 5.84. The summed E-state index contributed by atoms with van der Waals surface area (Å²) in [6, 6.07) is 4.60. The second kappa shape index (κ2) is 7.43. The van der Waals surface area contributed by atoms with Gasteiger partial charge in [-0.25, -0.2) is 9.18 Å². The average Bonchev–Trinajstić information content (AvgIpc) is 2.51. The number of benzene rings is 1. The van der Waals surface area contributed by atoms with E-state index in [1.165, 1.54) is 44.9 Å². The number of esters is 1. The van der Waals surface area contributed by atoms with Crippen LogP contribution in [0.1, 0.15) is 55.8 Å². The molecule has 2 rings (SSSR count). The van der Waals surface area contributed by atoms with Crippen LogP contribution in [0.15, 0.2) is 18.2 Å². The van der Waals surface area contributed by atoms with Crippen molar-refractivity contribution < 1.29 is 13.9 Å². The summed E-state index contributed by atoms with van der Waals surface area (Å²) in [5, 5.41) is 3.25. The molecule has 1 aliphatic rings. The molecule has 1 fully saturated rings. The number of hydrogen-bond acceptors (Lipinski definition) is 3. The molecular weight excluding hydrogens is 269 g/mol. The molecule has 1 saturated carbocycles. The first-order valence-corrected chi connectivity index (χ1v) is 7.78. The Morgan fingerprint density at radius 3 is 2.67 bits per heavy atom. The molecule has 0 saturated heterocycles. The van der Waals surface area contributed by atoms with Crippen molar-refractivity contribution >= 4 is 11.7 Å². The van der Waals surface area contributed by atoms with Crippen LogP contribution in [0.25, 0.3) is 0 Å². The van der Waals surface area contributed by atoms with Gasteiger partial charge in [-0.1, -0.05) is 19.8 Å². The third kappa shape index (κ3) is 4.19. The topological polar surface area (TPSA) is 38.3 Å². The van der Waals surface area contributed by atoms with E-state index in [1.54, 1.807) is 6.07 Å². The van der Waals surface area contributed by atoms with E-state index in [4.69, 9.17) is 0 Å². The van der Waals surface area contributed by atoms with Gasteiger partial charge in [0.2, 0.25) is 0 Å². The molecule has 4 heteroatoms. The van der Waals surface area contributed by atoms with Crippen LogP contribution in [-0.4, -0.2) is 19.1 Å². The Morgan fingerprint density at radius 2 is 2.05 bits per heavy atom. The molecular formula is C17H24FNO2. The predicted molar refractivity (Wildman–Crippen MR) is 82.0 cm³/mol. The van der Waals surface area contributed by atoms with Crippen LogP contribution in [0.2, 0.25) is 0 Å². The normalized spacial score (nSPS) is 21.9. The second-order valence-electron chi connectivity index (χ2n) is 5.84. The van der Waals surface area contributed by atoms with Gasteiger partial charge in [-0.2, -0.15) is 0 Å². The van der Waals surface area contributed by atoms with Gasteiger partial charge in [-0.15, -0.1) is 0 Å². The van der Waals surface area contributed by atoms with Crippen molar-refractivity contribution in [3.05, 3.63) is 29.6 Å². The fraction of sp³-hybridized carbons (Fsp3) is 0.588. The molecule has 0 atom stereocenters. The van der Waals surface area contributed by atoms with Crippen LogP contribution in [-0.2, 0) is 4.74 Å². The molecule has 116 valence electrons. The van der Waals surface area contributed by atoms with E-state index < -0.39 is 5.97 Å². The molecule has 1 aromatic carbocycles. The maximum Gasteiger partial charge on any atom is 0.337 e. The lowest BCUT2D eigenvalue weighted by atomic mass is 9.83. The molecule has 0 bridgehead atoms. The van der Waals surface area contributed by atoms with Crippen LogP contribution in [0.5, 0.6) is 0 Å². The molecule has 0 heterocycles. The largest absolute Gasteiger partial charge is 0.465 e. The van der Waals surface area contributed by atoms with Gasteiger partial charge in [0.25, 0.3) is 0 Å². The van der Waals surface area contributed by atoms with Crippen molar-refractivity contribution in [2.75, 3.05) is 12.4 Å². The van der Waals surface area contributed by atoms with E-state index in [1.807, 2.05) is 0 Å². The summed E-state index contributed by atoms with van der Waals surface area (Å²) in [6.07, 6.45) is 7.05. The number of anilines is 1. The summed E-state index contributed by atoms with van der Waals surface area (Å²) in [7, 11) is 1.33. The summed E-state index contributed by atoms with van der Waals surface area (Å²) in [4.78, 5) is 11.5. The summed E-state index contributed by atoms with van der Waals surface area (Å²) in [5.74, 6) is 0.0577. The number of hydrogen-bond donors (Lipinski definition) is 1. The monoisotopic (exact) mass is 293 g/mol. The number of carbonyl (C=O) groups is 1.